The Morgan fingerprint density at radius 3 is 2.94 bits per heavy atom. The molecule has 0 radical (unpaired) electrons. The summed E-state index contributed by atoms with van der Waals surface area (Å²) >= 11 is 0. The van der Waals surface area contributed by atoms with Crippen LogP contribution in [0.15, 0.2) is 18.2 Å². The smallest absolute Gasteiger partial charge is 0.270 e. The SMILES string of the molecule is CCC(CC1CC1)NC(=O)c1cccc(F)n1. The minimum absolute atomic E-state index is 0.152. The minimum Gasteiger partial charge on any atom is -0.348 e. The fraction of sp³-hybridized carbons (Fsp3) is 0.538. The van der Waals surface area contributed by atoms with E-state index in [1.165, 1.54) is 31.0 Å². The molecular weight excluding hydrogens is 219 g/mol. The Bertz CT molecular complexity index is 404. The summed E-state index contributed by atoms with van der Waals surface area (Å²) in [6.07, 6.45) is 4.46. The largest absolute Gasteiger partial charge is 0.348 e. The Morgan fingerprint density at radius 1 is 1.59 bits per heavy atom. The lowest BCUT2D eigenvalue weighted by Gasteiger charge is -2.16. The number of halogens is 1. The lowest BCUT2D eigenvalue weighted by molar-refractivity contribution is 0.0926. The first kappa shape index (κ1) is 12.0. The zero-order valence-electron chi connectivity index (χ0n) is 9.95. The van der Waals surface area contributed by atoms with Crippen LogP contribution in [0.5, 0.6) is 0 Å². The summed E-state index contributed by atoms with van der Waals surface area (Å²) in [5.74, 6) is -0.134. The van der Waals surface area contributed by atoms with Gasteiger partial charge >= 0.3 is 0 Å². The molecule has 17 heavy (non-hydrogen) atoms. The van der Waals surface area contributed by atoms with Crippen molar-refractivity contribution in [3.63, 3.8) is 0 Å². The van der Waals surface area contributed by atoms with Crippen LogP contribution in [0.3, 0.4) is 0 Å². The summed E-state index contributed by atoms with van der Waals surface area (Å²) in [6.45, 7) is 2.05. The van der Waals surface area contributed by atoms with Gasteiger partial charge in [-0.05, 0) is 30.9 Å². The Labute approximate surface area is 100 Å². The predicted octanol–water partition coefficient (Wildman–Crippen LogP) is 2.53. The molecule has 1 heterocycles. The van der Waals surface area contributed by atoms with Crippen LogP contribution in [-0.2, 0) is 0 Å². The molecular formula is C13H17FN2O. The maximum absolute atomic E-state index is 12.9. The number of hydrogen-bond acceptors (Lipinski definition) is 2. The molecule has 4 heteroatoms. The first-order chi connectivity index (χ1) is 8.19. The van der Waals surface area contributed by atoms with Crippen molar-refractivity contribution in [1.29, 1.82) is 0 Å². The monoisotopic (exact) mass is 236 g/mol. The van der Waals surface area contributed by atoms with Crippen LogP contribution in [0, 0.1) is 11.9 Å². The molecule has 1 fully saturated rings. The van der Waals surface area contributed by atoms with E-state index in [2.05, 4.69) is 10.3 Å². The van der Waals surface area contributed by atoms with Gasteiger partial charge in [0.25, 0.3) is 5.91 Å². The molecule has 0 bridgehead atoms. The highest BCUT2D eigenvalue weighted by Gasteiger charge is 2.25. The second-order valence-corrected chi connectivity index (χ2v) is 4.60. The molecule has 1 atom stereocenters. The topological polar surface area (TPSA) is 42.0 Å². The van der Waals surface area contributed by atoms with E-state index in [-0.39, 0.29) is 17.6 Å². The Hall–Kier alpha value is -1.45. The summed E-state index contributed by atoms with van der Waals surface area (Å²) in [7, 11) is 0. The van der Waals surface area contributed by atoms with Gasteiger partial charge in [0, 0.05) is 6.04 Å². The number of rotatable bonds is 5. The quantitative estimate of drug-likeness (QED) is 0.798. The number of carbonyl (C=O) groups excluding carboxylic acids is 1. The van der Waals surface area contributed by atoms with E-state index in [9.17, 15) is 9.18 Å². The average Bonchev–Trinajstić information content (AvgIpc) is 3.12. The average molecular weight is 236 g/mol. The van der Waals surface area contributed by atoms with Crippen LogP contribution >= 0.6 is 0 Å². The highest BCUT2D eigenvalue weighted by molar-refractivity contribution is 5.92. The highest BCUT2D eigenvalue weighted by atomic mass is 19.1. The lowest BCUT2D eigenvalue weighted by atomic mass is 10.1. The van der Waals surface area contributed by atoms with Gasteiger partial charge in [0.2, 0.25) is 5.95 Å². The first-order valence-electron chi connectivity index (χ1n) is 6.12. The van der Waals surface area contributed by atoms with Crippen LogP contribution in [0.25, 0.3) is 0 Å². The maximum Gasteiger partial charge on any atom is 0.270 e. The number of hydrogen-bond donors (Lipinski definition) is 1. The zero-order chi connectivity index (χ0) is 12.3. The number of nitrogens with zero attached hydrogens (tertiary/aromatic N) is 1. The van der Waals surface area contributed by atoms with Crippen LogP contribution in [0.2, 0.25) is 0 Å². The Balaban J connectivity index is 1.94. The van der Waals surface area contributed by atoms with Gasteiger partial charge in [0.1, 0.15) is 5.69 Å². The van der Waals surface area contributed by atoms with E-state index < -0.39 is 5.95 Å². The molecule has 1 aromatic heterocycles. The summed E-state index contributed by atoms with van der Waals surface area (Å²) in [5.41, 5.74) is 0.152. The third-order valence-electron chi connectivity index (χ3n) is 3.09. The fourth-order valence-electron chi connectivity index (χ4n) is 1.88. The summed E-state index contributed by atoms with van der Waals surface area (Å²) in [5, 5.41) is 2.91. The van der Waals surface area contributed by atoms with Gasteiger partial charge in [-0.2, -0.15) is 4.39 Å². The molecule has 3 nitrogen and oxygen atoms in total. The van der Waals surface area contributed by atoms with Crippen molar-refractivity contribution in [2.45, 2.75) is 38.6 Å². The first-order valence-corrected chi connectivity index (χ1v) is 6.12. The number of nitrogens with one attached hydrogen (secondary N) is 1. The van der Waals surface area contributed by atoms with Crippen molar-refractivity contribution in [2.75, 3.05) is 0 Å². The fourth-order valence-corrected chi connectivity index (χ4v) is 1.88. The van der Waals surface area contributed by atoms with Gasteiger partial charge < -0.3 is 5.32 Å². The van der Waals surface area contributed by atoms with Crippen molar-refractivity contribution in [2.24, 2.45) is 5.92 Å². The Morgan fingerprint density at radius 2 is 2.35 bits per heavy atom. The van der Waals surface area contributed by atoms with E-state index in [1.54, 1.807) is 0 Å². The molecule has 1 saturated carbocycles. The number of aromatic nitrogens is 1. The van der Waals surface area contributed by atoms with Crippen molar-refractivity contribution in [3.05, 3.63) is 29.8 Å². The molecule has 1 amide bonds. The van der Waals surface area contributed by atoms with Crippen LogP contribution in [-0.4, -0.2) is 16.9 Å². The molecule has 1 aliphatic carbocycles. The van der Waals surface area contributed by atoms with E-state index in [4.69, 9.17) is 0 Å². The van der Waals surface area contributed by atoms with E-state index in [0.717, 1.165) is 18.8 Å². The van der Waals surface area contributed by atoms with Gasteiger partial charge in [-0.3, -0.25) is 4.79 Å². The normalized spacial score (nSPS) is 16.6. The van der Waals surface area contributed by atoms with Gasteiger partial charge in [-0.25, -0.2) is 4.98 Å². The zero-order valence-corrected chi connectivity index (χ0v) is 9.95. The molecule has 0 aromatic carbocycles. The van der Waals surface area contributed by atoms with E-state index in [0.29, 0.717) is 0 Å². The second kappa shape index (κ2) is 5.25. The standard InChI is InChI=1S/C13H17FN2O/c1-2-10(8-9-6-7-9)15-13(17)11-4-3-5-12(14)16-11/h3-5,9-10H,2,6-8H2,1H3,(H,15,17). The molecule has 0 aliphatic heterocycles. The van der Waals surface area contributed by atoms with Crippen molar-refractivity contribution in [3.8, 4) is 0 Å². The molecule has 0 spiro atoms. The van der Waals surface area contributed by atoms with Gasteiger partial charge in [0.15, 0.2) is 0 Å². The number of pyridine rings is 1. The summed E-state index contributed by atoms with van der Waals surface area (Å²) < 4.78 is 12.9. The molecule has 92 valence electrons. The Kier molecular flexibility index (Phi) is 3.71. The molecule has 1 aromatic rings. The lowest BCUT2D eigenvalue weighted by Crippen LogP contribution is -2.35. The van der Waals surface area contributed by atoms with Crippen LogP contribution in [0.4, 0.5) is 4.39 Å². The minimum atomic E-state index is -0.618. The molecule has 2 rings (SSSR count). The maximum atomic E-state index is 12.9. The number of amides is 1. The highest BCUT2D eigenvalue weighted by Crippen LogP contribution is 2.34. The van der Waals surface area contributed by atoms with Crippen molar-refractivity contribution < 1.29 is 9.18 Å². The molecule has 1 aliphatic rings. The molecule has 1 unspecified atom stereocenters. The van der Waals surface area contributed by atoms with Gasteiger partial charge in [-0.15, -0.1) is 0 Å². The molecule has 1 N–H and O–H groups in total. The third kappa shape index (κ3) is 3.51. The second-order valence-electron chi connectivity index (χ2n) is 4.60. The number of carbonyl (C=O) groups is 1. The van der Waals surface area contributed by atoms with Gasteiger partial charge in [0.05, 0.1) is 0 Å². The van der Waals surface area contributed by atoms with Crippen molar-refractivity contribution >= 4 is 5.91 Å². The van der Waals surface area contributed by atoms with Crippen molar-refractivity contribution in [1.82, 2.24) is 10.3 Å². The predicted molar refractivity (Wildman–Crippen MR) is 63.1 cm³/mol. The van der Waals surface area contributed by atoms with E-state index >= 15 is 0 Å². The molecule has 0 saturated heterocycles. The van der Waals surface area contributed by atoms with Gasteiger partial charge in [-0.1, -0.05) is 25.8 Å². The van der Waals surface area contributed by atoms with Crippen LogP contribution in [0.1, 0.15) is 43.1 Å². The summed E-state index contributed by atoms with van der Waals surface area (Å²) in [4.78, 5) is 15.4. The van der Waals surface area contributed by atoms with Crippen LogP contribution < -0.4 is 5.32 Å². The third-order valence-corrected chi connectivity index (χ3v) is 3.09. The summed E-state index contributed by atoms with van der Waals surface area (Å²) in [6, 6.07) is 4.44. The van der Waals surface area contributed by atoms with E-state index in [1.807, 2.05) is 6.92 Å².